The number of carbonyl (C=O) groups is 3. The number of ether oxygens (including phenoxy) is 2. The summed E-state index contributed by atoms with van der Waals surface area (Å²) in [5.74, 6) is -12.3. The highest BCUT2D eigenvalue weighted by atomic mass is 19.2. The summed E-state index contributed by atoms with van der Waals surface area (Å²) < 4.78 is 69.0. The van der Waals surface area contributed by atoms with Crippen molar-refractivity contribution in [1.29, 1.82) is 0 Å². The average molecular weight is 547 g/mol. The number of alkyl carbamates (subject to hydrolysis) is 1. The third kappa shape index (κ3) is 8.59. The lowest BCUT2D eigenvalue weighted by molar-refractivity contribution is -0.140. The Balaban J connectivity index is 2.24. The van der Waals surface area contributed by atoms with Crippen LogP contribution in [-0.4, -0.2) is 36.2 Å². The molecule has 2 amide bonds. The molecule has 0 saturated heterocycles. The fourth-order valence-corrected chi connectivity index (χ4v) is 4.18. The van der Waals surface area contributed by atoms with Gasteiger partial charge in [0.05, 0.1) is 0 Å². The van der Waals surface area contributed by atoms with E-state index in [9.17, 15) is 31.9 Å². The van der Waals surface area contributed by atoms with Crippen LogP contribution in [0.2, 0.25) is 0 Å². The summed E-state index contributed by atoms with van der Waals surface area (Å²) in [5.41, 5.74) is -3.40. The van der Waals surface area contributed by atoms with Gasteiger partial charge in [0, 0.05) is 6.54 Å². The van der Waals surface area contributed by atoms with Gasteiger partial charge in [-0.05, 0) is 44.9 Å². The fraction of sp³-hybridized carbons (Fsp3) is 0.667. The first-order chi connectivity index (χ1) is 17.5. The van der Waals surface area contributed by atoms with Gasteiger partial charge in [-0.15, -0.1) is 0 Å². The van der Waals surface area contributed by atoms with E-state index in [1.54, 1.807) is 20.8 Å². The molecule has 1 aromatic rings. The Hall–Kier alpha value is -2.85. The highest BCUT2D eigenvalue weighted by Crippen LogP contribution is 2.32. The van der Waals surface area contributed by atoms with Crippen LogP contribution in [0.3, 0.4) is 0 Å². The molecule has 0 aromatic heterocycles. The first-order valence-electron chi connectivity index (χ1n) is 12.9. The Morgan fingerprint density at radius 3 is 1.82 bits per heavy atom. The molecule has 0 unspecified atom stereocenters. The molecule has 0 aliphatic heterocycles. The topological polar surface area (TPSA) is 93.7 Å². The minimum Gasteiger partial charge on any atom is -0.444 e. The molecule has 1 aliphatic rings. The molecule has 1 saturated carbocycles. The van der Waals surface area contributed by atoms with Crippen LogP contribution in [0, 0.1) is 34.6 Å². The second-order valence-electron chi connectivity index (χ2n) is 11.7. The summed E-state index contributed by atoms with van der Waals surface area (Å²) in [6, 6.07) is -1.51. The number of amides is 2. The third-order valence-corrected chi connectivity index (χ3v) is 6.19. The van der Waals surface area contributed by atoms with Crippen LogP contribution in [0.15, 0.2) is 0 Å². The average Bonchev–Trinajstić information content (AvgIpc) is 2.76. The van der Waals surface area contributed by atoms with Crippen LogP contribution < -0.4 is 15.4 Å². The number of nitrogens with one attached hydrogen (secondary N) is 2. The lowest BCUT2D eigenvalue weighted by Gasteiger charge is -2.30. The van der Waals surface area contributed by atoms with Crippen molar-refractivity contribution in [2.45, 2.75) is 98.1 Å². The number of esters is 1. The second-order valence-corrected chi connectivity index (χ2v) is 11.7. The van der Waals surface area contributed by atoms with Crippen molar-refractivity contribution in [2.75, 3.05) is 6.54 Å². The van der Waals surface area contributed by atoms with Crippen LogP contribution in [0.5, 0.6) is 5.75 Å². The van der Waals surface area contributed by atoms with Gasteiger partial charge in [0.2, 0.25) is 17.4 Å². The Labute approximate surface area is 221 Å². The number of hydrogen-bond acceptors (Lipinski definition) is 5. The second kappa shape index (κ2) is 12.8. The maximum absolute atomic E-state index is 14.8. The molecule has 1 aliphatic carbocycles. The summed E-state index contributed by atoms with van der Waals surface area (Å²) in [6.45, 7) is 9.44. The fourth-order valence-electron chi connectivity index (χ4n) is 4.18. The minimum absolute atomic E-state index is 0.0899. The predicted octanol–water partition coefficient (Wildman–Crippen LogP) is 6.18. The molecule has 2 N–H and O–H groups in total. The van der Waals surface area contributed by atoms with Gasteiger partial charge in [0.1, 0.15) is 17.2 Å². The van der Waals surface area contributed by atoms with E-state index < -0.39 is 69.6 Å². The van der Waals surface area contributed by atoms with Gasteiger partial charge in [0.15, 0.2) is 11.6 Å². The van der Waals surface area contributed by atoms with Gasteiger partial charge in [-0.25, -0.2) is 18.4 Å². The zero-order valence-electron chi connectivity index (χ0n) is 22.9. The summed E-state index contributed by atoms with van der Waals surface area (Å²) in [6.07, 6.45) is 5.84. The zero-order valence-corrected chi connectivity index (χ0v) is 22.9. The summed E-state index contributed by atoms with van der Waals surface area (Å²) in [5, 5.41) is 4.63. The van der Waals surface area contributed by atoms with E-state index in [0.29, 0.717) is 0 Å². The molecular formula is C27H38F4N2O5. The van der Waals surface area contributed by atoms with Crippen LogP contribution >= 0.6 is 0 Å². The maximum Gasteiger partial charge on any atom is 0.408 e. The first-order valence-corrected chi connectivity index (χ1v) is 12.9. The lowest BCUT2D eigenvalue weighted by Crippen LogP contribution is -2.52. The van der Waals surface area contributed by atoms with Crippen molar-refractivity contribution in [2.24, 2.45) is 11.3 Å². The SMILES string of the molecule is CC(C)(C)OC(=O)N[C@H](C(=O)Oc1c(F)c(F)c(C(=O)NCC2CCCCCCC2)c(F)c1F)C(C)(C)C. The molecule has 11 heteroatoms. The van der Waals surface area contributed by atoms with E-state index in [2.05, 4.69) is 10.6 Å². The maximum atomic E-state index is 14.8. The van der Waals surface area contributed by atoms with Crippen molar-refractivity contribution < 1.29 is 41.4 Å². The van der Waals surface area contributed by atoms with Gasteiger partial charge < -0.3 is 20.1 Å². The minimum atomic E-state index is -2.04. The van der Waals surface area contributed by atoms with E-state index in [1.807, 2.05) is 0 Å². The molecule has 0 heterocycles. The van der Waals surface area contributed by atoms with Gasteiger partial charge in [-0.2, -0.15) is 8.78 Å². The Morgan fingerprint density at radius 2 is 1.34 bits per heavy atom. The number of carbonyl (C=O) groups excluding carboxylic acids is 3. The summed E-state index contributed by atoms with van der Waals surface area (Å²) >= 11 is 0. The molecule has 214 valence electrons. The summed E-state index contributed by atoms with van der Waals surface area (Å²) in [7, 11) is 0. The molecule has 38 heavy (non-hydrogen) atoms. The molecule has 1 atom stereocenters. The van der Waals surface area contributed by atoms with Crippen LogP contribution in [0.25, 0.3) is 0 Å². The van der Waals surface area contributed by atoms with Crippen LogP contribution in [-0.2, 0) is 9.53 Å². The van der Waals surface area contributed by atoms with Crippen molar-refractivity contribution in [3.63, 3.8) is 0 Å². The normalized spacial score (nSPS) is 16.2. The van der Waals surface area contributed by atoms with Crippen molar-refractivity contribution >= 4 is 18.0 Å². The van der Waals surface area contributed by atoms with Gasteiger partial charge >= 0.3 is 12.1 Å². The molecule has 0 bridgehead atoms. The monoisotopic (exact) mass is 546 g/mol. The van der Waals surface area contributed by atoms with Gasteiger partial charge in [-0.1, -0.05) is 52.9 Å². The van der Waals surface area contributed by atoms with E-state index >= 15 is 0 Å². The van der Waals surface area contributed by atoms with Crippen molar-refractivity contribution in [3.8, 4) is 5.75 Å². The number of benzene rings is 1. The molecule has 2 rings (SSSR count). The van der Waals surface area contributed by atoms with Crippen LogP contribution in [0.4, 0.5) is 22.4 Å². The quantitative estimate of drug-likeness (QED) is 0.192. The van der Waals surface area contributed by atoms with E-state index in [1.165, 1.54) is 20.8 Å². The van der Waals surface area contributed by atoms with Gasteiger partial charge in [-0.3, -0.25) is 4.79 Å². The Bertz CT molecular complexity index is 997. The molecule has 7 nitrogen and oxygen atoms in total. The number of halogens is 4. The molecule has 0 radical (unpaired) electrons. The van der Waals surface area contributed by atoms with Crippen LogP contribution in [0.1, 0.15) is 96.8 Å². The lowest BCUT2D eigenvalue weighted by atomic mass is 9.87. The van der Waals surface area contributed by atoms with Crippen molar-refractivity contribution in [3.05, 3.63) is 28.8 Å². The first kappa shape index (κ1) is 31.4. The number of rotatable bonds is 6. The van der Waals surface area contributed by atoms with E-state index in [-0.39, 0.29) is 12.5 Å². The third-order valence-electron chi connectivity index (χ3n) is 6.19. The smallest absolute Gasteiger partial charge is 0.408 e. The molecule has 1 fully saturated rings. The van der Waals surface area contributed by atoms with Gasteiger partial charge in [0.25, 0.3) is 5.91 Å². The van der Waals surface area contributed by atoms with E-state index in [4.69, 9.17) is 9.47 Å². The molecule has 0 spiro atoms. The Morgan fingerprint density at radius 1 is 0.842 bits per heavy atom. The van der Waals surface area contributed by atoms with E-state index in [0.717, 1.165) is 44.9 Å². The molecular weight excluding hydrogens is 508 g/mol. The highest BCUT2D eigenvalue weighted by Gasteiger charge is 2.38. The Kier molecular flexibility index (Phi) is 10.6. The molecule has 1 aromatic carbocycles. The highest BCUT2D eigenvalue weighted by molar-refractivity contribution is 5.95. The number of hydrogen-bond donors (Lipinski definition) is 2. The van der Waals surface area contributed by atoms with Crippen molar-refractivity contribution in [1.82, 2.24) is 10.6 Å². The predicted molar refractivity (Wildman–Crippen MR) is 133 cm³/mol. The largest absolute Gasteiger partial charge is 0.444 e. The zero-order chi connectivity index (χ0) is 28.8. The standard InChI is InChI=1S/C27H38F4N2O5/c1-26(2,3)22(33-25(36)38-27(4,5)6)24(35)37-21-19(30)17(28)16(18(29)20(21)31)23(34)32-14-15-12-10-8-7-9-11-13-15/h15,22H,7-14H2,1-6H3,(H,32,34)(H,33,36)/t22-/m1/s1. The summed E-state index contributed by atoms with van der Waals surface area (Å²) in [4.78, 5) is 37.5.